The highest BCUT2D eigenvalue weighted by molar-refractivity contribution is 7.12. The van der Waals surface area contributed by atoms with Crippen LogP contribution in [0, 0.1) is 21.4 Å². The molecule has 0 aliphatic carbocycles. The minimum atomic E-state index is -4.56. The van der Waals surface area contributed by atoms with Gasteiger partial charge >= 0.3 is 6.18 Å². The summed E-state index contributed by atoms with van der Waals surface area (Å²) >= 11 is 6.98. The quantitative estimate of drug-likeness (QED) is 0.303. The summed E-state index contributed by atoms with van der Waals surface area (Å²) < 4.78 is 38.6. The molecule has 0 unspecified atom stereocenters. The van der Waals surface area contributed by atoms with Crippen LogP contribution in [-0.2, 0) is 6.18 Å². The van der Waals surface area contributed by atoms with E-state index in [0.29, 0.717) is 11.3 Å². The van der Waals surface area contributed by atoms with Crippen molar-refractivity contribution < 1.29 is 18.1 Å². The molecule has 0 aliphatic rings. The number of hydrazone groups is 1. The number of non-ortho nitro benzene ring substituents is 1. The van der Waals surface area contributed by atoms with Crippen LogP contribution in [0.1, 0.15) is 10.6 Å². The van der Waals surface area contributed by atoms with Crippen LogP contribution in [0.5, 0.6) is 0 Å². The molecule has 0 saturated carbocycles. The van der Waals surface area contributed by atoms with Crippen LogP contribution in [-0.4, -0.2) is 15.6 Å². The zero-order valence-corrected chi connectivity index (χ0v) is 16.2. The van der Waals surface area contributed by atoms with E-state index >= 15 is 0 Å². The SMILES string of the molecule is N#CC(=NNc1cc(C(F)(F)F)ccc1Cl)c1nc(-c2ccc([N+](=O)[O-])cc2)cs1. The van der Waals surface area contributed by atoms with Crippen molar-refractivity contribution in [1.29, 1.82) is 5.26 Å². The molecule has 1 N–H and O–H groups in total. The first-order valence-electron chi connectivity index (χ1n) is 8.00. The second kappa shape index (κ2) is 8.48. The Morgan fingerprint density at radius 3 is 2.57 bits per heavy atom. The van der Waals surface area contributed by atoms with Gasteiger partial charge in [0.1, 0.15) is 6.07 Å². The summed E-state index contributed by atoms with van der Waals surface area (Å²) in [7, 11) is 0. The van der Waals surface area contributed by atoms with Crippen molar-refractivity contribution in [2.45, 2.75) is 6.18 Å². The summed E-state index contributed by atoms with van der Waals surface area (Å²) in [6.45, 7) is 0. The second-order valence-electron chi connectivity index (χ2n) is 5.72. The molecule has 0 aliphatic heterocycles. The summed E-state index contributed by atoms with van der Waals surface area (Å²) in [6, 6.07) is 10.2. The average molecular weight is 452 g/mol. The van der Waals surface area contributed by atoms with Gasteiger partial charge in [0, 0.05) is 23.1 Å². The number of nitriles is 1. The Morgan fingerprint density at radius 1 is 1.27 bits per heavy atom. The number of nitrogens with zero attached hydrogens (tertiary/aromatic N) is 4. The standard InChI is InChI=1S/C18H9ClF3N5O2S/c19-13-6-3-11(18(20,21)22)7-14(13)25-26-15(8-23)17-24-16(9-30-17)10-1-4-12(5-2-10)27(28)29/h1-7,9,25H. The molecule has 0 radical (unpaired) electrons. The Morgan fingerprint density at radius 2 is 1.97 bits per heavy atom. The predicted molar refractivity (Wildman–Crippen MR) is 106 cm³/mol. The van der Waals surface area contributed by atoms with Crippen molar-refractivity contribution in [3.8, 4) is 17.3 Å². The van der Waals surface area contributed by atoms with Gasteiger partial charge in [-0.1, -0.05) is 11.6 Å². The van der Waals surface area contributed by atoms with Gasteiger partial charge < -0.3 is 0 Å². The first kappa shape index (κ1) is 21.2. The van der Waals surface area contributed by atoms with E-state index in [9.17, 15) is 28.5 Å². The third-order valence-corrected chi connectivity index (χ3v) is 4.95. The minimum absolute atomic E-state index is 0.00486. The zero-order valence-electron chi connectivity index (χ0n) is 14.6. The summed E-state index contributed by atoms with van der Waals surface area (Å²) in [6.07, 6.45) is -4.56. The van der Waals surface area contributed by atoms with Gasteiger partial charge in [-0.05, 0) is 30.3 Å². The second-order valence-corrected chi connectivity index (χ2v) is 6.98. The first-order chi connectivity index (χ1) is 14.2. The van der Waals surface area contributed by atoms with Crippen molar-refractivity contribution in [2.24, 2.45) is 5.10 Å². The molecule has 0 bridgehead atoms. The van der Waals surface area contributed by atoms with E-state index in [2.05, 4.69) is 15.5 Å². The van der Waals surface area contributed by atoms with Crippen LogP contribution >= 0.6 is 22.9 Å². The number of halogens is 4. The number of anilines is 1. The fraction of sp³-hybridized carbons (Fsp3) is 0.0556. The lowest BCUT2D eigenvalue weighted by Gasteiger charge is -2.10. The third-order valence-electron chi connectivity index (χ3n) is 3.77. The van der Waals surface area contributed by atoms with Crippen LogP contribution in [0.4, 0.5) is 24.5 Å². The number of rotatable bonds is 5. The maximum atomic E-state index is 12.9. The van der Waals surface area contributed by atoms with E-state index in [1.165, 1.54) is 24.3 Å². The number of hydrogen-bond donors (Lipinski definition) is 1. The van der Waals surface area contributed by atoms with Gasteiger partial charge in [-0.3, -0.25) is 15.5 Å². The summed E-state index contributed by atoms with van der Waals surface area (Å²) in [5, 5.41) is 25.7. The number of nitro benzene ring substituents is 1. The molecule has 0 fully saturated rings. The number of nitrogens with one attached hydrogen (secondary N) is 1. The summed E-state index contributed by atoms with van der Waals surface area (Å²) in [5.41, 5.74) is 2.15. The predicted octanol–water partition coefficient (Wildman–Crippen LogP) is 5.73. The van der Waals surface area contributed by atoms with Crippen LogP contribution in [0.3, 0.4) is 0 Å². The normalized spacial score (nSPS) is 11.8. The minimum Gasteiger partial charge on any atom is -0.276 e. The van der Waals surface area contributed by atoms with Crippen molar-refractivity contribution in [1.82, 2.24) is 4.98 Å². The van der Waals surface area contributed by atoms with E-state index in [0.717, 1.165) is 29.5 Å². The molecule has 0 spiro atoms. The molecular weight excluding hydrogens is 443 g/mol. The zero-order chi connectivity index (χ0) is 21.9. The molecular formula is C18H9ClF3N5O2S. The Hall–Kier alpha value is -3.49. The lowest BCUT2D eigenvalue weighted by Crippen LogP contribution is -2.06. The lowest BCUT2D eigenvalue weighted by atomic mass is 10.1. The number of aromatic nitrogens is 1. The maximum Gasteiger partial charge on any atom is 0.416 e. The van der Waals surface area contributed by atoms with Crippen molar-refractivity contribution in [3.05, 3.63) is 73.6 Å². The first-order valence-corrected chi connectivity index (χ1v) is 9.26. The highest BCUT2D eigenvalue weighted by atomic mass is 35.5. The Kier molecular flexibility index (Phi) is 6.00. The highest BCUT2D eigenvalue weighted by Gasteiger charge is 2.31. The summed E-state index contributed by atoms with van der Waals surface area (Å²) in [5.74, 6) is 0. The monoisotopic (exact) mass is 451 g/mol. The highest BCUT2D eigenvalue weighted by Crippen LogP contribution is 2.34. The van der Waals surface area contributed by atoms with Crippen molar-refractivity contribution >= 4 is 40.0 Å². The van der Waals surface area contributed by atoms with E-state index < -0.39 is 16.7 Å². The molecule has 0 atom stereocenters. The average Bonchev–Trinajstić information content (AvgIpc) is 3.19. The number of benzene rings is 2. The van der Waals surface area contributed by atoms with E-state index in [-0.39, 0.29) is 27.1 Å². The van der Waals surface area contributed by atoms with E-state index in [1.54, 1.807) is 5.38 Å². The Bertz CT molecular complexity index is 1170. The van der Waals surface area contributed by atoms with Crippen molar-refractivity contribution in [3.63, 3.8) is 0 Å². The third kappa shape index (κ3) is 4.73. The van der Waals surface area contributed by atoms with Crippen LogP contribution in [0.25, 0.3) is 11.3 Å². The van der Waals surface area contributed by atoms with Gasteiger partial charge in [0.05, 0.1) is 26.9 Å². The molecule has 7 nitrogen and oxygen atoms in total. The fourth-order valence-electron chi connectivity index (χ4n) is 2.29. The lowest BCUT2D eigenvalue weighted by molar-refractivity contribution is -0.384. The summed E-state index contributed by atoms with van der Waals surface area (Å²) in [4.78, 5) is 14.5. The molecule has 3 aromatic rings. The van der Waals surface area contributed by atoms with Gasteiger partial charge in [-0.2, -0.15) is 23.5 Å². The van der Waals surface area contributed by atoms with Crippen LogP contribution in [0.2, 0.25) is 5.02 Å². The molecule has 3 rings (SSSR count). The number of alkyl halides is 3. The molecule has 152 valence electrons. The van der Waals surface area contributed by atoms with Gasteiger partial charge in [0.2, 0.25) is 0 Å². The molecule has 1 aromatic heterocycles. The number of thiazole rings is 1. The molecule has 0 amide bonds. The van der Waals surface area contributed by atoms with Gasteiger partial charge in [-0.15, -0.1) is 11.3 Å². The smallest absolute Gasteiger partial charge is 0.276 e. The number of nitro groups is 1. The van der Waals surface area contributed by atoms with Crippen LogP contribution in [0.15, 0.2) is 52.9 Å². The van der Waals surface area contributed by atoms with E-state index in [4.69, 9.17) is 11.6 Å². The van der Waals surface area contributed by atoms with Gasteiger partial charge in [0.15, 0.2) is 10.7 Å². The van der Waals surface area contributed by atoms with Gasteiger partial charge in [0.25, 0.3) is 5.69 Å². The topological polar surface area (TPSA) is 104 Å². The molecule has 1 heterocycles. The van der Waals surface area contributed by atoms with Crippen LogP contribution < -0.4 is 5.43 Å². The molecule has 30 heavy (non-hydrogen) atoms. The maximum absolute atomic E-state index is 12.9. The fourth-order valence-corrected chi connectivity index (χ4v) is 3.22. The van der Waals surface area contributed by atoms with E-state index in [1.807, 2.05) is 6.07 Å². The molecule has 12 heteroatoms. The number of hydrogen-bond acceptors (Lipinski definition) is 7. The molecule has 0 saturated heterocycles. The van der Waals surface area contributed by atoms with Crippen molar-refractivity contribution in [2.75, 3.05) is 5.43 Å². The Balaban J connectivity index is 1.84. The largest absolute Gasteiger partial charge is 0.416 e. The molecule has 2 aromatic carbocycles. The Labute approximate surface area is 176 Å². The van der Waals surface area contributed by atoms with Gasteiger partial charge in [-0.25, -0.2) is 4.98 Å².